The van der Waals surface area contributed by atoms with Crippen molar-refractivity contribution < 1.29 is 5.11 Å². The zero-order chi connectivity index (χ0) is 14.8. The predicted octanol–water partition coefficient (Wildman–Crippen LogP) is -0.627. The molecule has 0 saturated carbocycles. The summed E-state index contributed by atoms with van der Waals surface area (Å²) in [5, 5.41) is 28.7. The fourth-order valence-electron chi connectivity index (χ4n) is 2.56. The zero-order valence-corrected chi connectivity index (χ0v) is 11.5. The first-order valence-electron chi connectivity index (χ1n) is 6.60. The number of hydrogen-bond donors (Lipinski definition) is 2. The predicted molar refractivity (Wildman–Crippen MR) is 73.1 cm³/mol. The van der Waals surface area contributed by atoms with E-state index < -0.39 is 11.6 Å². The zero-order valence-electron chi connectivity index (χ0n) is 11.5. The van der Waals surface area contributed by atoms with Crippen LogP contribution in [-0.4, -0.2) is 58.9 Å². The molecule has 2 aliphatic heterocycles. The maximum absolute atomic E-state index is 10.2. The van der Waals surface area contributed by atoms with E-state index in [0.717, 1.165) is 0 Å². The third kappa shape index (κ3) is 2.34. The molecule has 2 rings (SSSR count). The van der Waals surface area contributed by atoms with Crippen molar-refractivity contribution in [3.8, 4) is 12.1 Å². The maximum atomic E-state index is 10.2. The number of β-amino-alcohol motifs (C(OH)–C–C–N with tert-alkyl or cyclic N) is 1. The second-order valence-electron chi connectivity index (χ2n) is 5.02. The van der Waals surface area contributed by atoms with Crippen molar-refractivity contribution in [2.75, 3.05) is 26.2 Å². The monoisotopic (exact) mass is 274 g/mol. The standard InChI is InChI=1S/C13H18N6O/c1-2-19-10(5-14)7-17-12(11(19)6-15)18-4-3-13(20,8-16)9-18/h7,10,20H,2-4,8-9,16H2,1H3/t10?,13-/m1/s1. The van der Waals surface area contributed by atoms with Crippen molar-refractivity contribution in [1.82, 2.24) is 9.80 Å². The lowest BCUT2D eigenvalue weighted by molar-refractivity contribution is 0.0611. The highest BCUT2D eigenvalue weighted by atomic mass is 16.3. The fraction of sp³-hybridized carbons (Fsp3) is 0.615. The Bertz CT molecular complexity index is 528. The Balaban J connectivity index is 2.31. The van der Waals surface area contributed by atoms with Gasteiger partial charge in [0.1, 0.15) is 6.07 Å². The van der Waals surface area contributed by atoms with Crippen LogP contribution in [0.3, 0.4) is 0 Å². The molecule has 1 unspecified atom stereocenters. The molecule has 2 heterocycles. The van der Waals surface area contributed by atoms with E-state index in [-0.39, 0.29) is 6.54 Å². The number of allylic oxidation sites excluding steroid dienone is 1. The second-order valence-corrected chi connectivity index (χ2v) is 5.02. The number of nitrogens with two attached hydrogens (primary N) is 1. The van der Waals surface area contributed by atoms with E-state index in [1.165, 1.54) is 0 Å². The van der Waals surface area contributed by atoms with Gasteiger partial charge >= 0.3 is 0 Å². The van der Waals surface area contributed by atoms with E-state index >= 15 is 0 Å². The number of nitrogens with zero attached hydrogens (tertiary/aromatic N) is 5. The van der Waals surface area contributed by atoms with Crippen molar-refractivity contribution in [1.29, 1.82) is 10.5 Å². The van der Waals surface area contributed by atoms with E-state index in [2.05, 4.69) is 17.1 Å². The quantitative estimate of drug-likeness (QED) is 0.708. The fourth-order valence-corrected chi connectivity index (χ4v) is 2.56. The van der Waals surface area contributed by atoms with Crippen LogP contribution < -0.4 is 5.73 Å². The van der Waals surface area contributed by atoms with Gasteiger partial charge in [0.2, 0.25) is 0 Å². The molecule has 2 atom stereocenters. The molecule has 0 spiro atoms. The molecule has 0 aromatic heterocycles. The molecule has 2 aliphatic rings. The van der Waals surface area contributed by atoms with Gasteiger partial charge in [0.25, 0.3) is 0 Å². The molecule has 0 bridgehead atoms. The van der Waals surface area contributed by atoms with Gasteiger partial charge < -0.3 is 20.6 Å². The number of aliphatic hydroxyl groups is 1. The molecule has 1 saturated heterocycles. The van der Waals surface area contributed by atoms with Crippen LogP contribution in [0, 0.1) is 22.7 Å². The Morgan fingerprint density at radius 3 is 2.85 bits per heavy atom. The molecule has 0 aromatic rings. The lowest BCUT2D eigenvalue weighted by Crippen LogP contribution is -2.42. The molecule has 106 valence electrons. The van der Waals surface area contributed by atoms with Crippen LogP contribution in [0.5, 0.6) is 0 Å². The van der Waals surface area contributed by atoms with E-state index in [1.807, 2.05) is 11.8 Å². The van der Waals surface area contributed by atoms with Gasteiger partial charge in [-0.25, -0.2) is 4.99 Å². The Kier molecular flexibility index (Phi) is 3.93. The minimum absolute atomic E-state index is 0.181. The SMILES string of the molecule is CCN1C(C#N)=C(N2CC[C@@](O)(CN)C2)N=CC1C#N. The van der Waals surface area contributed by atoms with Crippen molar-refractivity contribution in [3.63, 3.8) is 0 Å². The van der Waals surface area contributed by atoms with Crippen LogP contribution in [0.1, 0.15) is 13.3 Å². The molecular formula is C13H18N6O. The van der Waals surface area contributed by atoms with Gasteiger partial charge in [0.15, 0.2) is 17.6 Å². The minimum atomic E-state index is -0.924. The van der Waals surface area contributed by atoms with Gasteiger partial charge in [0, 0.05) is 32.4 Å². The molecule has 7 heteroatoms. The summed E-state index contributed by atoms with van der Waals surface area (Å²) in [6.07, 6.45) is 2.09. The summed E-state index contributed by atoms with van der Waals surface area (Å²) >= 11 is 0. The third-order valence-electron chi connectivity index (χ3n) is 3.76. The van der Waals surface area contributed by atoms with Crippen LogP contribution in [0.2, 0.25) is 0 Å². The first kappa shape index (κ1) is 14.3. The lowest BCUT2D eigenvalue weighted by atomic mass is 10.0. The highest BCUT2D eigenvalue weighted by Crippen LogP contribution is 2.28. The van der Waals surface area contributed by atoms with Crippen molar-refractivity contribution in [2.24, 2.45) is 10.7 Å². The Morgan fingerprint density at radius 1 is 1.60 bits per heavy atom. The van der Waals surface area contributed by atoms with Gasteiger partial charge in [0.05, 0.1) is 11.7 Å². The summed E-state index contributed by atoms with van der Waals surface area (Å²) in [5.74, 6) is 0.519. The Labute approximate surface area is 118 Å². The molecule has 3 N–H and O–H groups in total. The summed E-state index contributed by atoms with van der Waals surface area (Å²) in [7, 11) is 0. The van der Waals surface area contributed by atoms with Gasteiger partial charge in [-0.1, -0.05) is 0 Å². The van der Waals surface area contributed by atoms with E-state index in [0.29, 0.717) is 37.6 Å². The van der Waals surface area contributed by atoms with E-state index in [4.69, 9.17) is 11.0 Å². The van der Waals surface area contributed by atoms with Gasteiger partial charge in [-0.05, 0) is 13.3 Å². The molecule has 0 radical (unpaired) electrons. The average molecular weight is 274 g/mol. The molecular weight excluding hydrogens is 256 g/mol. The van der Waals surface area contributed by atoms with Crippen LogP contribution >= 0.6 is 0 Å². The van der Waals surface area contributed by atoms with Crippen LogP contribution in [0.25, 0.3) is 0 Å². The van der Waals surface area contributed by atoms with Gasteiger partial charge in [-0.3, -0.25) is 0 Å². The molecule has 20 heavy (non-hydrogen) atoms. The summed E-state index contributed by atoms with van der Waals surface area (Å²) in [4.78, 5) is 7.83. The number of aliphatic imine (C=N–C) groups is 1. The third-order valence-corrected chi connectivity index (χ3v) is 3.76. The highest BCUT2D eigenvalue weighted by Gasteiger charge is 2.38. The smallest absolute Gasteiger partial charge is 0.163 e. The van der Waals surface area contributed by atoms with Crippen LogP contribution in [0.4, 0.5) is 0 Å². The average Bonchev–Trinajstić information content (AvgIpc) is 2.88. The van der Waals surface area contributed by atoms with Crippen molar-refractivity contribution >= 4 is 6.21 Å². The number of hydrogen-bond acceptors (Lipinski definition) is 7. The highest BCUT2D eigenvalue weighted by molar-refractivity contribution is 5.72. The lowest BCUT2D eigenvalue weighted by Gasteiger charge is -2.32. The van der Waals surface area contributed by atoms with E-state index in [9.17, 15) is 10.4 Å². The molecule has 0 amide bonds. The first-order chi connectivity index (χ1) is 9.58. The Morgan fingerprint density at radius 2 is 2.35 bits per heavy atom. The Hall–Kier alpha value is -2.09. The van der Waals surface area contributed by atoms with Gasteiger partial charge in [-0.15, -0.1) is 0 Å². The first-order valence-corrected chi connectivity index (χ1v) is 6.60. The summed E-state index contributed by atoms with van der Waals surface area (Å²) in [5.41, 5.74) is 5.03. The molecule has 7 nitrogen and oxygen atoms in total. The number of nitriles is 2. The topological polar surface area (TPSA) is 113 Å². The maximum Gasteiger partial charge on any atom is 0.163 e. The molecule has 0 aromatic carbocycles. The number of likely N-dealkylation sites (tertiary alicyclic amines) is 1. The van der Waals surface area contributed by atoms with Crippen molar-refractivity contribution in [3.05, 3.63) is 11.5 Å². The number of rotatable bonds is 3. The normalized spacial score (nSPS) is 29.6. The van der Waals surface area contributed by atoms with Gasteiger partial charge in [-0.2, -0.15) is 10.5 Å². The summed E-state index contributed by atoms with van der Waals surface area (Å²) < 4.78 is 0. The largest absolute Gasteiger partial charge is 0.387 e. The van der Waals surface area contributed by atoms with Crippen LogP contribution in [0.15, 0.2) is 16.5 Å². The molecule has 1 fully saturated rings. The summed E-state index contributed by atoms with van der Waals surface area (Å²) in [6, 6.07) is 3.72. The second kappa shape index (κ2) is 5.49. The molecule has 0 aliphatic carbocycles. The van der Waals surface area contributed by atoms with Crippen LogP contribution in [-0.2, 0) is 0 Å². The summed E-state index contributed by atoms with van der Waals surface area (Å²) in [6.45, 7) is 3.57. The van der Waals surface area contributed by atoms with Crippen molar-refractivity contribution in [2.45, 2.75) is 25.0 Å². The van der Waals surface area contributed by atoms with E-state index in [1.54, 1.807) is 11.1 Å². The minimum Gasteiger partial charge on any atom is -0.387 e.